The lowest BCUT2D eigenvalue weighted by Crippen LogP contribution is -2.33. The Kier molecular flexibility index (Phi) is 6.26. The van der Waals surface area contributed by atoms with Crippen molar-refractivity contribution in [1.82, 2.24) is 10.3 Å². The van der Waals surface area contributed by atoms with Crippen molar-refractivity contribution in [2.24, 2.45) is 0 Å². The van der Waals surface area contributed by atoms with Gasteiger partial charge in [0.15, 0.2) is 5.13 Å². The van der Waals surface area contributed by atoms with Crippen LogP contribution in [0.1, 0.15) is 50.4 Å². The van der Waals surface area contributed by atoms with Crippen LogP contribution in [0.25, 0.3) is 0 Å². The molecule has 0 spiro atoms. The summed E-state index contributed by atoms with van der Waals surface area (Å²) in [7, 11) is 2.12. The molecular weight excluding hydrogens is 270 g/mol. The van der Waals surface area contributed by atoms with Gasteiger partial charge in [-0.2, -0.15) is 0 Å². The molecule has 0 radical (unpaired) electrons. The zero-order valence-electron chi connectivity index (χ0n) is 12.9. The third-order valence-corrected chi connectivity index (χ3v) is 5.01. The predicted octanol–water partition coefficient (Wildman–Crippen LogP) is 3.21. The van der Waals surface area contributed by atoms with Crippen LogP contribution in [0.15, 0.2) is 6.20 Å². The quantitative estimate of drug-likeness (QED) is 0.838. The van der Waals surface area contributed by atoms with Crippen LogP contribution < -0.4 is 10.2 Å². The van der Waals surface area contributed by atoms with E-state index in [2.05, 4.69) is 36.1 Å². The maximum atomic E-state index is 5.80. The lowest BCUT2D eigenvalue weighted by atomic mass is 10.1. The number of thiazole rings is 1. The Hall–Kier alpha value is -0.650. The van der Waals surface area contributed by atoms with E-state index in [0.29, 0.717) is 12.1 Å². The standard InChI is InChI=1S/C15H27N3OS/c1-4-8-16-12(2)14-10-17-15(20-14)18(3)11-13-7-5-6-9-19-13/h10,12-13,16H,4-9,11H2,1-3H3. The molecule has 0 saturated carbocycles. The molecule has 5 heteroatoms. The molecule has 2 unspecified atom stereocenters. The van der Waals surface area contributed by atoms with Crippen LogP contribution in [0.5, 0.6) is 0 Å². The second-order valence-corrected chi connectivity index (χ2v) is 6.63. The topological polar surface area (TPSA) is 37.4 Å². The lowest BCUT2D eigenvalue weighted by Gasteiger charge is -2.27. The summed E-state index contributed by atoms with van der Waals surface area (Å²) >= 11 is 1.78. The Morgan fingerprint density at radius 1 is 1.55 bits per heavy atom. The molecule has 0 amide bonds. The Morgan fingerprint density at radius 3 is 3.10 bits per heavy atom. The summed E-state index contributed by atoms with van der Waals surface area (Å²) in [6, 6.07) is 0.389. The van der Waals surface area contributed by atoms with Crippen LogP contribution in [0, 0.1) is 0 Å². The molecule has 1 aromatic heterocycles. The summed E-state index contributed by atoms with van der Waals surface area (Å²) in [5.74, 6) is 0. The maximum absolute atomic E-state index is 5.80. The number of nitrogens with zero attached hydrogens (tertiary/aromatic N) is 2. The number of hydrogen-bond donors (Lipinski definition) is 1. The van der Waals surface area contributed by atoms with Crippen molar-refractivity contribution in [3.8, 4) is 0 Å². The van der Waals surface area contributed by atoms with E-state index in [1.54, 1.807) is 11.3 Å². The molecular formula is C15H27N3OS. The molecule has 1 fully saturated rings. The average Bonchev–Trinajstić information content (AvgIpc) is 2.96. The first-order valence-electron chi connectivity index (χ1n) is 7.72. The Morgan fingerprint density at radius 2 is 2.40 bits per heavy atom. The highest BCUT2D eigenvalue weighted by Gasteiger charge is 2.18. The average molecular weight is 297 g/mol. The van der Waals surface area contributed by atoms with Gasteiger partial charge in [-0.3, -0.25) is 0 Å². The highest BCUT2D eigenvalue weighted by molar-refractivity contribution is 7.15. The van der Waals surface area contributed by atoms with Crippen LogP contribution in [0.3, 0.4) is 0 Å². The third kappa shape index (κ3) is 4.43. The van der Waals surface area contributed by atoms with Gasteiger partial charge < -0.3 is 15.0 Å². The fourth-order valence-corrected chi connectivity index (χ4v) is 3.36. The number of nitrogens with one attached hydrogen (secondary N) is 1. The highest BCUT2D eigenvalue weighted by atomic mass is 32.1. The Labute approximate surface area is 126 Å². The van der Waals surface area contributed by atoms with Gasteiger partial charge in [-0.1, -0.05) is 6.92 Å². The van der Waals surface area contributed by atoms with Gasteiger partial charge in [0.2, 0.25) is 0 Å². The Bertz CT molecular complexity index is 390. The van der Waals surface area contributed by atoms with E-state index in [4.69, 9.17) is 4.74 Å². The zero-order valence-corrected chi connectivity index (χ0v) is 13.7. The summed E-state index contributed by atoms with van der Waals surface area (Å²) in [4.78, 5) is 8.10. The molecule has 1 aromatic rings. The van der Waals surface area contributed by atoms with Crippen molar-refractivity contribution >= 4 is 16.5 Å². The largest absolute Gasteiger partial charge is 0.376 e. The lowest BCUT2D eigenvalue weighted by molar-refractivity contribution is 0.0216. The van der Waals surface area contributed by atoms with Crippen molar-refractivity contribution in [3.05, 3.63) is 11.1 Å². The minimum atomic E-state index is 0.372. The molecule has 0 aliphatic carbocycles. The van der Waals surface area contributed by atoms with Gasteiger partial charge in [-0.05, 0) is 39.2 Å². The minimum absolute atomic E-state index is 0.372. The van der Waals surface area contributed by atoms with Crippen LogP contribution in [0.2, 0.25) is 0 Å². The van der Waals surface area contributed by atoms with Gasteiger partial charge in [-0.15, -0.1) is 11.3 Å². The van der Waals surface area contributed by atoms with Gasteiger partial charge in [0.25, 0.3) is 0 Å². The fraction of sp³-hybridized carbons (Fsp3) is 0.800. The molecule has 2 heterocycles. The summed E-state index contributed by atoms with van der Waals surface area (Å²) in [6.07, 6.45) is 7.22. The van der Waals surface area contributed by atoms with Crippen molar-refractivity contribution in [2.45, 2.75) is 51.7 Å². The van der Waals surface area contributed by atoms with Crippen LogP contribution in [0.4, 0.5) is 5.13 Å². The molecule has 114 valence electrons. The molecule has 0 bridgehead atoms. The zero-order chi connectivity index (χ0) is 14.4. The summed E-state index contributed by atoms with van der Waals surface area (Å²) in [5.41, 5.74) is 0. The second-order valence-electron chi connectivity index (χ2n) is 5.59. The molecule has 1 aliphatic heterocycles. The number of likely N-dealkylation sites (N-methyl/N-ethyl adjacent to an activating group) is 1. The van der Waals surface area contributed by atoms with Crippen LogP contribution >= 0.6 is 11.3 Å². The summed E-state index contributed by atoms with van der Waals surface area (Å²) in [6.45, 7) is 7.32. The number of hydrogen-bond acceptors (Lipinski definition) is 5. The van der Waals surface area contributed by atoms with E-state index in [9.17, 15) is 0 Å². The van der Waals surface area contributed by atoms with Gasteiger partial charge in [0.1, 0.15) is 0 Å². The van der Waals surface area contributed by atoms with Gasteiger partial charge >= 0.3 is 0 Å². The van der Waals surface area contributed by atoms with E-state index in [0.717, 1.165) is 31.2 Å². The van der Waals surface area contributed by atoms with E-state index in [1.165, 1.54) is 24.1 Å². The summed E-state index contributed by atoms with van der Waals surface area (Å²) < 4.78 is 5.80. The highest BCUT2D eigenvalue weighted by Crippen LogP contribution is 2.27. The molecule has 1 N–H and O–H groups in total. The van der Waals surface area contributed by atoms with Gasteiger partial charge in [-0.25, -0.2) is 4.98 Å². The first-order valence-corrected chi connectivity index (χ1v) is 8.54. The number of aromatic nitrogens is 1. The number of anilines is 1. The molecule has 1 saturated heterocycles. The summed E-state index contributed by atoms with van der Waals surface area (Å²) in [5, 5.41) is 4.61. The predicted molar refractivity (Wildman–Crippen MR) is 85.7 cm³/mol. The van der Waals surface area contributed by atoms with E-state index >= 15 is 0 Å². The molecule has 2 atom stereocenters. The number of ether oxygens (including phenoxy) is 1. The van der Waals surface area contributed by atoms with Crippen LogP contribution in [-0.4, -0.2) is 37.8 Å². The monoisotopic (exact) mass is 297 g/mol. The normalized spacial score (nSPS) is 20.9. The molecule has 2 rings (SSSR count). The second kappa shape index (κ2) is 7.96. The van der Waals surface area contributed by atoms with Crippen molar-refractivity contribution < 1.29 is 4.74 Å². The third-order valence-electron chi connectivity index (χ3n) is 3.72. The van der Waals surface area contributed by atoms with E-state index in [-0.39, 0.29) is 0 Å². The van der Waals surface area contributed by atoms with Gasteiger partial charge in [0.05, 0.1) is 6.10 Å². The first kappa shape index (κ1) is 15.7. The van der Waals surface area contributed by atoms with E-state index in [1.807, 2.05) is 6.20 Å². The van der Waals surface area contributed by atoms with Crippen molar-refractivity contribution in [2.75, 3.05) is 31.6 Å². The smallest absolute Gasteiger partial charge is 0.185 e. The van der Waals surface area contributed by atoms with E-state index < -0.39 is 0 Å². The molecule has 4 nitrogen and oxygen atoms in total. The van der Waals surface area contributed by atoms with Crippen molar-refractivity contribution in [1.29, 1.82) is 0 Å². The van der Waals surface area contributed by atoms with Crippen LogP contribution in [-0.2, 0) is 4.74 Å². The molecule has 0 aromatic carbocycles. The molecule has 20 heavy (non-hydrogen) atoms. The Balaban J connectivity index is 1.86. The fourth-order valence-electron chi connectivity index (χ4n) is 2.45. The molecule has 1 aliphatic rings. The van der Waals surface area contributed by atoms with Crippen molar-refractivity contribution in [3.63, 3.8) is 0 Å². The first-order chi connectivity index (χ1) is 9.70. The number of rotatable bonds is 7. The maximum Gasteiger partial charge on any atom is 0.185 e. The minimum Gasteiger partial charge on any atom is -0.376 e. The SMILES string of the molecule is CCCNC(C)c1cnc(N(C)CC2CCCCO2)s1. The van der Waals surface area contributed by atoms with Gasteiger partial charge in [0, 0.05) is 37.3 Å².